The highest BCUT2D eigenvalue weighted by Gasteiger charge is 2.11. The molecule has 1 nitrogen and oxygen atoms in total. The van der Waals surface area contributed by atoms with Crippen LogP contribution in [0.15, 0.2) is 36.4 Å². The Morgan fingerprint density at radius 3 is 1.83 bits per heavy atom. The molecule has 0 atom stereocenters. The van der Waals surface area contributed by atoms with Crippen molar-refractivity contribution in [1.29, 1.82) is 0 Å². The first kappa shape index (κ1) is 24.5. The summed E-state index contributed by atoms with van der Waals surface area (Å²) in [4.78, 5) is 0. The predicted molar refractivity (Wildman–Crippen MR) is 132 cm³/mol. The van der Waals surface area contributed by atoms with Crippen molar-refractivity contribution in [2.45, 2.75) is 104 Å². The Kier molecular flexibility index (Phi) is 11.7. The molecule has 30 heavy (non-hydrogen) atoms. The fourth-order valence-electron chi connectivity index (χ4n) is 4.41. The predicted octanol–water partition coefficient (Wildman–Crippen LogP) is 8.48. The zero-order valence-electron chi connectivity index (χ0n) is 20.1. The van der Waals surface area contributed by atoms with Crippen molar-refractivity contribution in [3.8, 4) is 5.75 Å². The first-order valence-electron chi connectivity index (χ1n) is 12.5. The van der Waals surface area contributed by atoms with Crippen molar-refractivity contribution in [1.82, 2.24) is 0 Å². The van der Waals surface area contributed by atoms with Crippen LogP contribution in [0, 0.1) is 0 Å². The first-order chi connectivity index (χ1) is 14.7. The van der Waals surface area contributed by atoms with Crippen LogP contribution in [0.4, 0.5) is 0 Å². The molecule has 2 aromatic rings. The minimum atomic E-state index is 1.000. The minimum Gasteiger partial charge on any atom is -0.497 e. The van der Waals surface area contributed by atoms with Crippen LogP contribution in [0.3, 0.4) is 0 Å². The number of ether oxygens (including phenoxy) is 1. The molecular formula is C29H44O. The lowest BCUT2D eigenvalue weighted by Gasteiger charge is -2.16. The van der Waals surface area contributed by atoms with Gasteiger partial charge in [0.2, 0.25) is 0 Å². The number of unbranched alkanes of at least 4 members (excludes halogenated alkanes) is 7. The van der Waals surface area contributed by atoms with E-state index in [1.54, 1.807) is 7.11 Å². The van der Waals surface area contributed by atoms with Gasteiger partial charge < -0.3 is 4.74 Å². The topological polar surface area (TPSA) is 9.23 Å². The van der Waals surface area contributed by atoms with Gasteiger partial charge in [0, 0.05) is 0 Å². The average Bonchev–Trinajstić information content (AvgIpc) is 2.77. The van der Waals surface area contributed by atoms with Gasteiger partial charge in [0.05, 0.1) is 7.11 Å². The number of benzene rings is 2. The second-order valence-corrected chi connectivity index (χ2v) is 8.75. The zero-order valence-corrected chi connectivity index (χ0v) is 20.1. The monoisotopic (exact) mass is 408 g/mol. The molecule has 0 saturated heterocycles. The van der Waals surface area contributed by atoms with Gasteiger partial charge in [-0.1, -0.05) is 96.4 Å². The molecule has 2 rings (SSSR count). The Morgan fingerprint density at radius 2 is 1.23 bits per heavy atom. The summed E-state index contributed by atoms with van der Waals surface area (Å²) < 4.78 is 5.54. The van der Waals surface area contributed by atoms with Crippen LogP contribution in [0.25, 0.3) is 0 Å². The summed E-state index contributed by atoms with van der Waals surface area (Å²) in [6, 6.07) is 13.9. The van der Waals surface area contributed by atoms with E-state index in [-0.39, 0.29) is 0 Å². The lowest BCUT2D eigenvalue weighted by atomic mass is 9.90. The van der Waals surface area contributed by atoms with Crippen molar-refractivity contribution in [3.63, 3.8) is 0 Å². The highest BCUT2D eigenvalue weighted by Crippen LogP contribution is 2.27. The number of hydrogen-bond donors (Lipinski definition) is 0. The molecule has 0 fully saturated rings. The zero-order chi connectivity index (χ0) is 21.6. The van der Waals surface area contributed by atoms with Crippen molar-refractivity contribution in [2.75, 3.05) is 7.11 Å². The van der Waals surface area contributed by atoms with Gasteiger partial charge in [0.1, 0.15) is 5.75 Å². The van der Waals surface area contributed by atoms with Crippen LogP contribution in [0.1, 0.15) is 106 Å². The molecule has 0 aliphatic rings. The van der Waals surface area contributed by atoms with E-state index >= 15 is 0 Å². The number of hydrogen-bond acceptors (Lipinski definition) is 1. The molecule has 0 spiro atoms. The summed E-state index contributed by atoms with van der Waals surface area (Å²) >= 11 is 0. The summed E-state index contributed by atoms with van der Waals surface area (Å²) in [5, 5.41) is 0. The Morgan fingerprint density at radius 1 is 0.633 bits per heavy atom. The van der Waals surface area contributed by atoms with Gasteiger partial charge in [-0.15, -0.1) is 0 Å². The molecule has 166 valence electrons. The third-order valence-electron chi connectivity index (χ3n) is 6.27. The van der Waals surface area contributed by atoms with Crippen LogP contribution in [-0.4, -0.2) is 7.11 Å². The summed E-state index contributed by atoms with van der Waals surface area (Å²) in [6.07, 6.45) is 16.7. The quantitative estimate of drug-likeness (QED) is 0.268. The standard InChI is InChI=1S/C29H44O/c1-5-8-9-10-11-12-13-14-16-24-17-19-25(20-18-24)21-29-26(7-3)22-28(30-4)23-27(29)15-6-2/h17-20,22-23H,5-16,21H2,1-4H3. The maximum absolute atomic E-state index is 5.54. The average molecular weight is 409 g/mol. The third-order valence-corrected chi connectivity index (χ3v) is 6.27. The summed E-state index contributed by atoms with van der Waals surface area (Å²) in [6.45, 7) is 6.80. The number of methoxy groups -OCH3 is 1. The maximum atomic E-state index is 5.54. The molecule has 0 amide bonds. The summed E-state index contributed by atoms with van der Waals surface area (Å²) in [7, 11) is 1.77. The molecule has 0 bridgehead atoms. The molecule has 1 heteroatoms. The van der Waals surface area contributed by atoms with Crippen molar-refractivity contribution in [2.24, 2.45) is 0 Å². The fraction of sp³-hybridized carbons (Fsp3) is 0.586. The summed E-state index contributed by atoms with van der Waals surface area (Å²) in [5.41, 5.74) is 7.31. The first-order valence-corrected chi connectivity index (χ1v) is 12.5. The summed E-state index contributed by atoms with van der Waals surface area (Å²) in [5.74, 6) is 1.000. The highest BCUT2D eigenvalue weighted by molar-refractivity contribution is 5.45. The van der Waals surface area contributed by atoms with E-state index in [0.29, 0.717) is 0 Å². The Bertz CT molecular complexity index is 714. The van der Waals surface area contributed by atoms with Gasteiger partial charge in [0.15, 0.2) is 0 Å². The third kappa shape index (κ3) is 8.17. The molecule has 0 N–H and O–H groups in total. The van der Waals surface area contributed by atoms with E-state index in [9.17, 15) is 0 Å². The van der Waals surface area contributed by atoms with E-state index < -0.39 is 0 Å². The molecule has 0 aliphatic carbocycles. The van der Waals surface area contributed by atoms with E-state index in [1.165, 1.54) is 92.0 Å². The van der Waals surface area contributed by atoms with Crippen molar-refractivity contribution < 1.29 is 4.74 Å². The molecule has 0 aliphatic heterocycles. The smallest absolute Gasteiger partial charge is 0.119 e. The van der Waals surface area contributed by atoms with Gasteiger partial charge >= 0.3 is 0 Å². The Balaban J connectivity index is 1.90. The lowest BCUT2D eigenvalue weighted by Crippen LogP contribution is -2.03. The molecule has 0 heterocycles. The van der Waals surface area contributed by atoms with E-state index in [4.69, 9.17) is 4.74 Å². The second-order valence-electron chi connectivity index (χ2n) is 8.75. The van der Waals surface area contributed by atoms with Crippen LogP contribution in [-0.2, 0) is 25.7 Å². The van der Waals surface area contributed by atoms with Gasteiger partial charge in [-0.2, -0.15) is 0 Å². The van der Waals surface area contributed by atoms with Crippen LogP contribution >= 0.6 is 0 Å². The van der Waals surface area contributed by atoms with Crippen molar-refractivity contribution >= 4 is 0 Å². The molecule has 2 aromatic carbocycles. The van der Waals surface area contributed by atoms with E-state index in [1.807, 2.05) is 0 Å². The van der Waals surface area contributed by atoms with Crippen molar-refractivity contribution in [3.05, 3.63) is 64.2 Å². The van der Waals surface area contributed by atoms with Crippen LogP contribution in [0.2, 0.25) is 0 Å². The second kappa shape index (κ2) is 14.3. The van der Waals surface area contributed by atoms with E-state index in [0.717, 1.165) is 25.0 Å². The molecule has 0 saturated carbocycles. The number of aryl methyl sites for hydroxylation is 3. The Labute approximate surface area is 186 Å². The highest BCUT2D eigenvalue weighted by atomic mass is 16.5. The van der Waals surface area contributed by atoms with Gasteiger partial charge in [-0.05, 0) is 72.1 Å². The minimum absolute atomic E-state index is 1.000. The largest absolute Gasteiger partial charge is 0.497 e. The molecule has 0 unspecified atom stereocenters. The normalized spacial score (nSPS) is 11.1. The Hall–Kier alpha value is -1.76. The van der Waals surface area contributed by atoms with Crippen LogP contribution in [0.5, 0.6) is 5.75 Å². The molecule has 0 aromatic heterocycles. The number of rotatable bonds is 15. The SMILES string of the molecule is CCCCCCCCCCc1ccc(Cc2c(CC)cc(OC)cc2CCC)cc1. The maximum Gasteiger partial charge on any atom is 0.119 e. The van der Waals surface area contributed by atoms with Gasteiger partial charge in [-0.25, -0.2) is 0 Å². The molecular weight excluding hydrogens is 364 g/mol. The molecule has 0 radical (unpaired) electrons. The van der Waals surface area contributed by atoms with Gasteiger partial charge in [0.25, 0.3) is 0 Å². The lowest BCUT2D eigenvalue weighted by molar-refractivity contribution is 0.413. The fourth-order valence-corrected chi connectivity index (χ4v) is 4.41. The van der Waals surface area contributed by atoms with Crippen LogP contribution < -0.4 is 4.74 Å². The van der Waals surface area contributed by atoms with Gasteiger partial charge in [-0.3, -0.25) is 0 Å². The van der Waals surface area contributed by atoms with E-state index in [2.05, 4.69) is 57.2 Å².